The van der Waals surface area contributed by atoms with Crippen LogP contribution in [0.5, 0.6) is 0 Å². The lowest BCUT2D eigenvalue weighted by Crippen LogP contribution is -2.63. The molecule has 0 saturated heterocycles. The summed E-state index contributed by atoms with van der Waals surface area (Å²) in [6, 6.07) is 17.8. The van der Waals surface area contributed by atoms with E-state index in [1.165, 1.54) is 0 Å². The minimum absolute atomic E-state index is 0.0316. The molecule has 1 saturated carbocycles. The zero-order valence-electron chi connectivity index (χ0n) is 17.4. The standard InChI is InChI=1S/C25H30N2O2/c1-18-12-14-21(15-13-18)26-24(29)25(2)16-20-10-6-7-11-22(20)23(28)27(25)17-19-8-4-3-5-9-19/h3-11,18,21H,12-17H2,1-2H3,(H,26,29)/t18?,21?,25-/m0/s1. The highest BCUT2D eigenvalue weighted by molar-refractivity contribution is 6.02. The van der Waals surface area contributed by atoms with Crippen LogP contribution < -0.4 is 5.32 Å². The second kappa shape index (κ2) is 8.02. The number of benzene rings is 2. The Morgan fingerprint density at radius 3 is 2.41 bits per heavy atom. The first-order valence-corrected chi connectivity index (χ1v) is 10.7. The molecule has 2 amide bonds. The van der Waals surface area contributed by atoms with Gasteiger partial charge >= 0.3 is 0 Å². The normalized spacial score (nSPS) is 26.7. The van der Waals surface area contributed by atoms with Crippen molar-refractivity contribution in [2.24, 2.45) is 5.92 Å². The molecular weight excluding hydrogens is 360 g/mol. The third-order valence-corrected chi connectivity index (χ3v) is 6.65. The van der Waals surface area contributed by atoms with Gasteiger partial charge in [0.1, 0.15) is 5.54 Å². The SMILES string of the molecule is CC1CCC(NC(=O)[C@]2(C)Cc3ccccc3C(=O)N2Cc2ccccc2)CC1. The van der Waals surface area contributed by atoms with Crippen LogP contribution in [-0.4, -0.2) is 28.3 Å². The number of carbonyl (C=O) groups is 2. The molecule has 4 heteroatoms. The molecule has 4 nitrogen and oxygen atoms in total. The molecule has 1 aliphatic heterocycles. The average molecular weight is 391 g/mol. The molecule has 152 valence electrons. The summed E-state index contributed by atoms with van der Waals surface area (Å²) in [5, 5.41) is 3.28. The van der Waals surface area contributed by atoms with E-state index in [4.69, 9.17) is 0 Å². The maximum Gasteiger partial charge on any atom is 0.255 e. The Morgan fingerprint density at radius 1 is 1.03 bits per heavy atom. The van der Waals surface area contributed by atoms with Crippen LogP contribution in [0.3, 0.4) is 0 Å². The predicted octanol–water partition coefficient (Wildman–Crippen LogP) is 4.34. The molecular formula is C25H30N2O2. The van der Waals surface area contributed by atoms with Crippen LogP contribution in [0, 0.1) is 5.92 Å². The van der Waals surface area contributed by atoms with Crippen molar-refractivity contribution in [2.75, 3.05) is 0 Å². The lowest BCUT2D eigenvalue weighted by molar-refractivity contribution is -0.133. The average Bonchev–Trinajstić information content (AvgIpc) is 2.73. The monoisotopic (exact) mass is 390 g/mol. The van der Waals surface area contributed by atoms with Gasteiger partial charge in [-0.1, -0.05) is 55.5 Å². The lowest BCUT2D eigenvalue weighted by atomic mass is 9.81. The summed E-state index contributed by atoms with van der Waals surface area (Å²) in [6.07, 6.45) is 4.88. The van der Waals surface area contributed by atoms with Gasteiger partial charge in [0.25, 0.3) is 5.91 Å². The van der Waals surface area contributed by atoms with Crippen LogP contribution in [0.15, 0.2) is 54.6 Å². The summed E-state index contributed by atoms with van der Waals surface area (Å²) in [5.74, 6) is 0.637. The van der Waals surface area contributed by atoms with Gasteiger partial charge in [-0.25, -0.2) is 0 Å². The van der Waals surface area contributed by atoms with E-state index in [-0.39, 0.29) is 17.9 Å². The van der Waals surface area contributed by atoms with Gasteiger partial charge in [-0.3, -0.25) is 9.59 Å². The molecule has 0 aromatic heterocycles. The van der Waals surface area contributed by atoms with E-state index in [1.807, 2.05) is 61.5 Å². The summed E-state index contributed by atoms with van der Waals surface area (Å²) >= 11 is 0. The van der Waals surface area contributed by atoms with Crippen LogP contribution in [-0.2, 0) is 17.8 Å². The van der Waals surface area contributed by atoms with Crippen molar-refractivity contribution in [3.63, 3.8) is 0 Å². The molecule has 4 rings (SSSR count). The maximum atomic E-state index is 13.5. The quantitative estimate of drug-likeness (QED) is 0.844. The molecule has 1 atom stereocenters. The molecule has 0 radical (unpaired) electrons. The first-order valence-electron chi connectivity index (χ1n) is 10.7. The Balaban J connectivity index is 1.63. The van der Waals surface area contributed by atoms with Crippen molar-refractivity contribution in [1.29, 1.82) is 0 Å². The van der Waals surface area contributed by atoms with Crippen molar-refractivity contribution in [1.82, 2.24) is 10.2 Å². The van der Waals surface area contributed by atoms with Crippen molar-refractivity contribution in [2.45, 2.75) is 64.1 Å². The van der Waals surface area contributed by atoms with Gasteiger partial charge in [-0.15, -0.1) is 0 Å². The highest BCUT2D eigenvalue weighted by Gasteiger charge is 2.47. The van der Waals surface area contributed by atoms with Gasteiger partial charge in [-0.05, 0) is 55.7 Å². The van der Waals surface area contributed by atoms with Gasteiger partial charge in [0.05, 0.1) is 0 Å². The maximum absolute atomic E-state index is 13.5. The number of fused-ring (bicyclic) bond motifs is 1. The Labute approximate surface area is 173 Å². The minimum atomic E-state index is -0.898. The zero-order chi connectivity index (χ0) is 20.4. The van der Waals surface area contributed by atoms with E-state index >= 15 is 0 Å². The topological polar surface area (TPSA) is 49.4 Å². The number of nitrogens with zero attached hydrogens (tertiary/aromatic N) is 1. The molecule has 1 fully saturated rings. The Morgan fingerprint density at radius 2 is 1.69 bits per heavy atom. The molecule has 1 aliphatic carbocycles. The second-order valence-corrected chi connectivity index (χ2v) is 8.91. The number of hydrogen-bond acceptors (Lipinski definition) is 2. The van der Waals surface area contributed by atoms with Gasteiger partial charge in [0.2, 0.25) is 5.91 Å². The summed E-state index contributed by atoms with van der Waals surface area (Å²) in [7, 11) is 0. The van der Waals surface area contributed by atoms with Gasteiger partial charge < -0.3 is 10.2 Å². The first kappa shape index (κ1) is 19.7. The summed E-state index contributed by atoms with van der Waals surface area (Å²) in [4.78, 5) is 28.7. The highest BCUT2D eigenvalue weighted by atomic mass is 16.2. The Bertz CT molecular complexity index is 887. The summed E-state index contributed by atoms with van der Waals surface area (Å²) < 4.78 is 0. The Kier molecular flexibility index (Phi) is 5.44. The smallest absolute Gasteiger partial charge is 0.255 e. The number of hydrogen-bond donors (Lipinski definition) is 1. The van der Waals surface area contributed by atoms with E-state index in [2.05, 4.69) is 12.2 Å². The number of carbonyl (C=O) groups excluding carboxylic acids is 2. The van der Waals surface area contributed by atoms with Crippen molar-refractivity contribution < 1.29 is 9.59 Å². The molecule has 1 N–H and O–H groups in total. The van der Waals surface area contributed by atoms with Gasteiger partial charge in [-0.2, -0.15) is 0 Å². The van der Waals surface area contributed by atoms with Crippen LogP contribution >= 0.6 is 0 Å². The number of amides is 2. The van der Waals surface area contributed by atoms with Gasteiger partial charge in [0, 0.05) is 24.6 Å². The van der Waals surface area contributed by atoms with E-state index in [9.17, 15) is 9.59 Å². The molecule has 2 aromatic rings. The first-order chi connectivity index (χ1) is 14.0. The van der Waals surface area contributed by atoms with Gasteiger partial charge in [0.15, 0.2) is 0 Å². The van der Waals surface area contributed by atoms with E-state index in [0.717, 1.165) is 42.7 Å². The lowest BCUT2D eigenvalue weighted by Gasteiger charge is -2.45. The number of nitrogens with one attached hydrogen (secondary N) is 1. The molecule has 29 heavy (non-hydrogen) atoms. The fraction of sp³-hybridized carbons (Fsp3) is 0.440. The fourth-order valence-electron chi connectivity index (χ4n) is 4.68. The van der Waals surface area contributed by atoms with Crippen LogP contribution in [0.25, 0.3) is 0 Å². The molecule has 1 heterocycles. The van der Waals surface area contributed by atoms with Crippen molar-refractivity contribution in [3.05, 3.63) is 71.3 Å². The molecule has 2 aromatic carbocycles. The Hall–Kier alpha value is -2.62. The van der Waals surface area contributed by atoms with E-state index < -0.39 is 5.54 Å². The van der Waals surface area contributed by atoms with Crippen LogP contribution in [0.4, 0.5) is 0 Å². The predicted molar refractivity (Wildman–Crippen MR) is 114 cm³/mol. The highest BCUT2D eigenvalue weighted by Crippen LogP contribution is 2.33. The van der Waals surface area contributed by atoms with E-state index in [1.54, 1.807) is 4.90 Å². The van der Waals surface area contributed by atoms with Crippen LogP contribution in [0.1, 0.15) is 61.0 Å². The zero-order valence-corrected chi connectivity index (χ0v) is 17.4. The third-order valence-electron chi connectivity index (χ3n) is 6.65. The molecule has 0 unspecified atom stereocenters. The fourth-order valence-corrected chi connectivity index (χ4v) is 4.68. The largest absolute Gasteiger partial charge is 0.351 e. The van der Waals surface area contributed by atoms with Crippen LogP contribution in [0.2, 0.25) is 0 Å². The molecule has 0 spiro atoms. The van der Waals surface area contributed by atoms with E-state index in [0.29, 0.717) is 18.5 Å². The summed E-state index contributed by atoms with van der Waals surface area (Å²) in [6.45, 7) is 4.63. The van der Waals surface area contributed by atoms with Crippen molar-refractivity contribution in [3.8, 4) is 0 Å². The number of rotatable bonds is 4. The molecule has 2 aliphatic rings. The second-order valence-electron chi connectivity index (χ2n) is 8.91. The van der Waals surface area contributed by atoms with Crippen molar-refractivity contribution >= 4 is 11.8 Å². The summed E-state index contributed by atoms with van der Waals surface area (Å²) in [5.41, 5.74) is 1.80. The molecule has 0 bridgehead atoms. The minimum Gasteiger partial charge on any atom is -0.351 e. The third kappa shape index (κ3) is 3.93.